The smallest absolute Gasteiger partial charge is 0.255 e. The maximum atomic E-state index is 12.8. The standard InChI is InChI=1S/C24H23Cl2N3O3S/c25-20-9-10-23(22(26)16-20)27-24(30)19-6-4-5-18(15-19)17-28-11-13-29(14-12-28)33(31,32)21-7-2-1-3-8-21/h1-10,15-16H,11-14,17H2,(H,27,30). The molecule has 0 aliphatic carbocycles. The SMILES string of the molecule is O=C(Nc1ccc(Cl)cc1Cl)c1cccc(CN2CCN(S(=O)(=O)c3ccccc3)CC2)c1. The maximum absolute atomic E-state index is 12.8. The molecule has 0 unspecified atom stereocenters. The van der Waals surface area contributed by atoms with Crippen LogP contribution in [0.3, 0.4) is 0 Å². The van der Waals surface area contributed by atoms with Crippen molar-refractivity contribution in [2.24, 2.45) is 0 Å². The Labute approximate surface area is 203 Å². The van der Waals surface area contributed by atoms with Crippen molar-refractivity contribution in [3.8, 4) is 0 Å². The average Bonchev–Trinajstić information content (AvgIpc) is 2.82. The predicted molar refractivity (Wildman–Crippen MR) is 131 cm³/mol. The Kier molecular flexibility index (Phi) is 7.36. The minimum Gasteiger partial charge on any atom is -0.321 e. The van der Waals surface area contributed by atoms with Crippen LogP contribution in [0.25, 0.3) is 0 Å². The van der Waals surface area contributed by atoms with E-state index >= 15 is 0 Å². The van der Waals surface area contributed by atoms with Gasteiger partial charge in [0.25, 0.3) is 5.91 Å². The molecule has 0 saturated carbocycles. The molecule has 1 saturated heterocycles. The van der Waals surface area contributed by atoms with Crippen LogP contribution >= 0.6 is 23.2 Å². The largest absolute Gasteiger partial charge is 0.321 e. The first-order valence-corrected chi connectivity index (χ1v) is 12.7. The van der Waals surface area contributed by atoms with Gasteiger partial charge >= 0.3 is 0 Å². The van der Waals surface area contributed by atoms with Crippen LogP contribution in [0.15, 0.2) is 77.7 Å². The van der Waals surface area contributed by atoms with Gasteiger partial charge in [-0.1, -0.05) is 53.5 Å². The summed E-state index contributed by atoms with van der Waals surface area (Å²) in [6.07, 6.45) is 0. The van der Waals surface area contributed by atoms with Crippen molar-refractivity contribution in [3.05, 3.63) is 94.0 Å². The lowest BCUT2D eigenvalue weighted by Gasteiger charge is -2.34. The summed E-state index contributed by atoms with van der Waals surface area (Å²) in [7, 11) is -3.48. The van der Waals surface area contributed by atoms with Crippen LogP contribution in [0.2, 0.25) is 10.0 Å². The number of anilines is 1. The van der Waals surface area contributed by atoms with E-state index in [-0.39, 0.29) is 5.91 Å². The maximum Gasteiger partial charge on any atom is 0.255 e. The van der Waals surface area contributed by atoms with Gasteiger partial charge in [0.2, 0.25) is 10.0 Å². The molecule has 0 atom stereocenters. The molecule has 1 fully saturated rings. The van der Waals surface area contributed by atoms with E-state index in [9.17, 15) is 13.2 Å². The summed E-state index contributed by atoms with van der Waals surface area (Å²) < 4.78 is 27.1. The van der Waals surface area contributed by atoms with Crippen LogP contribution in [0.1, 0.15) is 15.9 Å². The first-order valence-electron chi connectivity index (χ1n) is 10.5. The zero-order valence-electron chi connectivity index (χ0n) is 17.7. The average molecular weight is 504 g/mol. The molecule has 4 rings (SSSR count). The second kappa shape index (κ2) is 10.2. The number of rotatable bonds is 6. The van der Waals surface area contributed by atoms with Crippen LogP contribution in [-0.2, 0) is 16.6 Å². The summed E-state index contributed by atoms with van der Waals surface area (Å²) in [4.78, 5) is 15.2. The third kappa shape index (κ3) is 5.75. The lowest BCUT2D eigenvalue weighted by molar-refractivity contribution is 0.102. The lowest BCUT2D eigenvalue weighted by Crippen LogP contribution is -2.48. The highest BCUT2D eigenvalue weighted by Gasteiger charge is 2.28. The summed E-state index contributed by atoms with van der Waals surface area (Å²) in [6, 6.07) is 20.8. The molecule has 3 aromatic rings. The molecule has 1 N–H and O–H groups in total. The highest BCUT2D eigenvalue weighted by Crippen LogP contribution is 2.26. The number of nitrogens with one attached hydrogen (secondary N) is 1. The fourth-order valence-corrected chi connectivity index (χ4v) is 5.62. The van der Waals surface area contributed by atoms with E-state index in [1.807, 2.05) is 18.2 Å². The van der Waals surface area contributed by atoms with Crippen molar-refractivity contribution in [2.45, 2.75) is 11.4 Å². The van der Waals surface area contributed by atoms with Gasteiger partial charge < -0.3 is 5.32 Å². The van der Waals surface area contributed by atoms with Gasteiger partial charge in [0.1, 0.15) is 0 Å². The molecule has 0 aromatic heterocycles. The number of nitrogens with zero attached hydrogens (tertiary/aromatic N) is 2. The topological polar surface area (TPSA) is 69.7 Å². The van der Waals surface area contributed by atoms with Gasteiger partial charge in [-0.2, -0.15) is 4.31 Å². The van der Waals surface area contributed by atoms with Gasteiger partial charge in [-0.15, -0.1) is 0 Å². The molecule has 33 heavy (non-hydrogen) atoms. The van der Waals surface area contributed by atoms with Crippen LogP contribution in [0.4, 0.5) is 5.69 Å². The Morgan fingerprint density at radius 1 is 0.879 bits per heavy atom. The number of carbonyl (C=O) groups is 1. The second-order valence-corrected chi connectivity index (χ2v) is 10.6. The molecule has 1 aliphatic rings. The third-order valence-corrected chi connectivity index (χ3v) is 7.95. The number of carbonyl (C=O) groups excluding carboxylic acids is 1. The summed E-state index contributed by atoms with van der Waals surface area (Å²) >= 11 is 12.1. The van der Waals surface area contributed by atoms with E-state index in [0.717, 1.165) is 5.56 Å². The molecule has 3 aromatic carbocycles. The van der Waals surface area contributed by atoms with Gasteiger partial charge in [-0.05, 0) is 48.0 Å². The fourth-order valence-electron chi connectivity index (χ4n) is 3.72. The van der Waals surface area contributed by atoms with Gasteiger partial charge in [0, 0.05) is 43.3 Å². The predicted octanol–water partition coefficient (Wildman–Crippen LogP) is 4.75. The number of amides is 1. The molecule has 1 aliphatic heterocycles. The molecule has 1 amide bonds. The first-order chi connectivity index (χ1) is 15.8. The summed E-state index contributed by atoms with van der Waals surface area (Å²) in [5, 5.41) is 3.67. The Morgan fingerprint density at radius 2 is 1.61 bits per heavy atom. The molecule has 172 valence electrons. The normalized spacial score (nSPS) is 15.3. The van der Waals surface area contributed by atoms with Gasteiger partial charge in [0.05, 0.1) is 15.6 Å². The van der Waals surface area contributed by atoms with E-state index in [0.29, 0.717) is 58.9 Å². The highest BCUT2D eigenvalue weighted by molar-refractivity contribution is 7.89. The Hall–Kier alpha value is -2.42. The van der Waals surface area contributed by atoms with E-state index in [2.05, 4.69) is 10.2 Å². The molecule has 0 radical (unpaired) electrons. The summed E-state index contributed by atoms with van der Waals surface area (Å²) in [5.74, 6) is -0.264. The Balaban J connectivity index is 1.37. The van der Waals surface area contributed by atoms with E-state index in [4.69, 9.17) is 23.2 Å². The van der Waals surface area contributed by atoms with Crippen molar-refractivity contribution >= 4 is 44.8 Å². The fraction of sp³-hybridized carbons (Fsp3) is 0.208. The van der Waals surface area contributed by atoms with Crippen LogP contribution in [0.5, 0.6) is 0 Å². The quantitative estimate of drug-likeness (QED) is 0.526. The molecule has 0 spiro atoms. The minimum atomic E-state index is -3.48. The van der Waals surface area contributed by atoms with E-state index in [1.165, 1.54) is 4.31 Å². The number of hydrogen-bond acceptors (Lipinski definition) is 4. The second-order valence-electron chi connectivity index (χ2n) is 7.77. The molecule has 6 nitrogen and oxygen atoms in total. The highest BCUT2D eigenvalue weighted by atomic mass is 35.5. The van der Waals surface area contributed by atoms with Crippen LogP contribution in [-0.4, -0.2) is 49.7 Å². The minimum absolute atomic E-state index is 0.264. The van der Waals surface area contributed by atoms with Gasteiger partial charge in [-0.25, -0.2) is 8.42 Å². The Morgan fingerprint density at radius 3 is 2.30 bits per heavy atom. The van der Waals surface area contributed by atoms with Crippen LogP contribution in [0, 0.1) is 0 Å². The number of sulfonamides is 1. The first kappa shape index (κ1) is 23.7. The van der Waals surface area contributed by atoms with E-state index in [1.54, 1.807) is 54.6 Å². The lowest BCUT2D eigenvalue weighted by atomic mass is 10.1. The molecule has 1 heterocycles. The van der Waals surface area contributed by atoms with Crippen LogP contribution < -0.4 is 5.32 Å². The number of piperazine rings is 1. The monoisotopic (exact) mass is 503 g/mol. The van der Waals surface area contributed by atoms with Crippen molar-refractivity contribution in [1.29, 1.82) is 0 Å². The van der Waals surface area contributed by atoms with Crippen molar-refractivity contribution < 1.29 is 13.2 Å². The summed E-state index contributed by atoms with van der Waals surface area (Å²) in [6.45, 7) is 2.70. The summed E-state index contributed by atoms with van der Waals surface area (Å²) in [5.41, 5.74) is 1.99. The van der Waals surface area contributed by atoms with Crippen molar-refractivity contribution in [3.63, 3.8) is 0 Å². The number of hydrogen-bond donors (Lipinski definition) is 1. The van der Waals surface area contributed by atoms with E-state index < -0.39 is 10.0 Å². The molecular formula is C24H23Cl2N3O3S. The van der Waals surface area contributed by atoms with Gasteiger partial charge in [0.15, 0.2) is 0 Å². The Bertz CT molecular complexity index is 1240. The zero-order valence-corrected chi connectivity index (χ0v) is 20.1. The third-order valence-electron chi connectivity index (χ3n) is 5.49. The van der Waals surface area contributed by atoms with Gasteiger partial charge in [-0.3, -0.25) is 9.69 Å². The molecular weight excluding hydrogens is 481 g/mol. The van der Waals surface area contributed by atoms with Crippen molar-refractivity contribution in [2.75, 3.05) is 31.5 Å². The number of halogens is 2. The molecule has 0 bridgehead atoms. The number of benzene rings is 3. The molecule has 9 heteroatoms. The van der Waals surface area contributed by atoms with Crippen molar-refractivity contribution in [1.82, 2.24) is 9.21 Å². The zero-order chi connectivity index (χ0) is 23.4.